The molecule has 0 saturated heterocycles. The number of hydrogen-bond acceptors (Lipinski definition) is 2. The Balaban J connectivity index is 2.26. The number of pyridine rings is 1. The van der Waals surface area contributed by atoms with Crippen LogP contribution < -0.4 is 4.68 Å². The molecule has 0 spiro atoms. The minimum absolute atomic E-state index is 0.398. The van der Waals surface area contributed by atoms with E-state index in [0.29, 0.717) is 21.3 Å². The lowest BCUT2D eigenvalue weighted by atomic mass is 10.2. The van der Waals surface area contributed by atoms with E-state index >= 15 is 0 Å². The lowest BCUT2D eigenvalue weighted by molar-refractivity contribution is -0.652. The molecule has 4 nitrogen and oxygen atoms in total. The van der Waals surface area contributed by atoms with Crippen molar-refractivity contribution in [1.82, 2.24) is 10.1 Å². The smallest absolute Gasteiger partial charge is 0.263 e. The predicted molar refractivity (Wildman–Crippen MR) is 80.1 cm³/mol. The lowest BCUT2D eigenvalue weighted by Crippen LogP contribution is -2.32. The van der Waals surface area contributed by atoms with Gasteiger partial charge in [-0.2, -0.15) is 10.4 Å². The van der Waals surface area contributed by atoms with Crippen molar-refractivity contribution in [3.63, 3.8) is 0 Å². The molecule has 1 N–H and O–H groups in total. The molecule has 0 amide bonds. The molecule has 3 rings (SSSR count). The minimum Gasteiger partial charge on any atom is -0.263 e. The average molecular weight is 369 g/mol. The normalized spacial score (nSPS) is 10.7. The van der Waals surface area contributed by atoms with E-state index in [2.05, 4.69) is 26.0 Å². The van der Waals surface area contributed by atoms with Gasteiger partial charge in [-0.3, -0.25) is 4.98 Å². The highest BCUT2D eigenvalue weighted by atomic mass is 79.9. The molecular weight excluding hydrogens is 363 g/mol. The third-order valence-corrected chi connectivity index (χ3v) is 3.99. The number of aromatic nitrogens is 3. The molecule has 3 aromatic rings. The van der Waals surface area contributed by atoms with Crippen molar-refractivity contribution < 1.29 is 4.68 Å². The summed E-state index contributed by atoms with van der Waals surface area (Å²) in [5, 5.41) is 13.8. The topological polar surface area (TPSA) is 56.4 Å². The Morgan fingerprint density at radius 1 is 1.25 bits per heavy atom. The number of nitrogens with one attached hydrogen (secondary N) is 1. The van der Waals surface area contributed by atoms with Crippen LogP contribution in [-0.2, 0) is 0 Å². The van der Waals surface area contributed by atoms with Gasteiger partial charge in [0, 0.05) is 12.4 Å². The Bertz CT molecular complexity index is 843. The molecular formula is C13H6BrCl2N4+. The van der Waals surface area contributed by atoms with Gasteiger partial charge in [0.2, 0.25) is 6.20 Å². The monoisotopic (exact) mass is 367 g/mol. The summed E-state index contributed by atoms with van der Waals surface area (Å²) in [6.07, 6.45) is 5.27. The van der Waals surface area contributed by atoms with Crippen LogP contribution in [0.15, 0.2) is 35.2 Å². The fourth-order valence-corrected chi connectivity index (χ4v) is 3.04. The molecule has 98 valence electrons. The quantitative estimate of drug-likeness (QED) is 0.664. The molecule has 0 aliphatic heterocycles. The standard InChI is InChI=1S/C13H5BrCl2N4/c14-9-5-18-4-8-6-20(19-12(8)9)13-10(15)1-7(3-17)2-11(13)16/h1-2,4-6H/p+1. The van der Waals surface area contributed by atoms with Gasteiger partial charge in [-0.05, 0) is 28.1 Å². The van der Waals surface area contributed by atoms with Crippen LogP contribution in [0, 0.1) is 11.3 Å². The summed E-state index contributed by atoms with van der Waals surface area (Å²) >= 11 is 15.8. The molecule has 0 radical (unpaired) electrons. The molecule has 2 aromatic heterocycles. The number of halogens is 3. The third-order valence-electron chi connectivity index (χ3n) is 2.82. The fourth-order valence-electron chi connectivity index (χ4n) is 1.94. The van der Waals surface area contributed by atoms with Gasteiger partial charge in [-0.25, -0.2) is 0 Å². The first-order valence-electron chi connectivity index (χ1n) is 5.53. The van der Waals surface area contributed by atoms with Crippen LogP contribution >= 0.6 is 39.1 Å². The van der Waals surface area contributed by atoms with Crippen LogP contribution in [0.5, 0.6) is 0 Å². The molecule has 0 bridgehead atoms. The van der Waals surface area contributed by atoms with Crippen LogP contribution in [0.2, 0.25) is 10.0 Å². The summed E-state index contributed by atoms with van der Waals surface area (Å²) in [6.45, 7) is 0. The molecule has 0 aliphatic carbocycles. The number of H-pyrrole nitrogens is 1. The maximum absolute atomic E-state index is 8.90. The highest BCUT2D eigenvalue weighted by Gasteiger charge is 2.21. The van der Waals surface area contributed by atoms with Gasteiger partial charge in [0.15, 0.2) is 0 Å². The summed E-state index contributed by atoms with van der Waals surface area (Å²) in [4.78, 5) is 4.10. The Labute approximate surface area is 132 Å². The molecule has 20 heavy (non-hydrogen) atoms. The number of nitriles is 1. The van der Waals surface area contributed by atoms with E-state index < -0.39 is 0 Å². The van der Waals surface area contributed by atoms with Crippen molar-refractivity contribution in [2.45, 2.75) is 0 Å². The van der Waals surface area contributed by atoms with Crippen molar-refractivity contribution in [2.24, 2.45) is 0 Å². The van der Waals surface area contributed by atoms with Crippen LogP contribution in [0.3, 0.4) is 0 Å². The Kier molecular flexibility index (Phi) is 3.38. The van der Waals surface area contributed by atoms with Crippen molar-refractivity contribution in [3.05, 3.63) is 50.8 Å². The molecule has 0 unspecified atom stereocenters. The van der Waals surface area contributed by atoms with Gasteiger partial charge in [-0.15, -0.1) is 0 Å². The zero-order valence-electron chi connectivity index (χ0n) is 9.86. The predicted octanol–water partition coefficient (Wildman–Crippen LogP) is 3.78. The van der Waals surface area contributed by atoms with Crippen molar-refractivity contribution in [2.75, 3.05) is 0 Å². The first-order valence-corrected chi connectivity index (χ1v) is 7.08. The highest BCUT2D eigenvalue weighted by molar-refractivity contribution is 9.10. The summed E-state index contributed by atoms with van der Waals surface area (Å²) < 4.78 is 2.55. The summed E-state index contributed by atoms with van der Waals surface area (Å²) in [5.74, 6) is 0. The molecule has 0 fully saturated rings. The zero-order chi connectivity index (χ0) is 14.3. The van der Waals surface area contributed by atoms with E-state index in [1.165, 1.54) is 0 Å². The first-order chi connectivity index (χ1) is 9.60. The van der Waals surface area contributed by atoms with Gasteiger partial charge in [0.25, 0.3) is 5.69 Å². The van der Waals surface area contributed by atoms with E-state index in [1.807, 2.05) is 12.3 Å². The zero-order valence-corrected chi connectivity index (χ0v) is 13.0. The number of fused-ring (bicyclic) bond motifs is 1. The van der Waals surface area contributed by atoms with Gasteiger partial charge >= 0.3 is 0 Å². The summed E-state index contributed by atoms with van der Waals surface area (Å²) in [5.41, 5.74) is 1.90. The number of aromatic amines is 1. The average Bonchev–Trinajstić information content (AvgIpc) is 2.82. The minimum atomic E-state index is 0.398. The second-order valence-electron chi connectivity index (χ2n) is 4.10. The second-order valence-corrected chi connectivity index (χ2v) is 5.77. The van der Waals surface area contributed by atoms with Gasteiger partial charge < -0.3 is 0 Å². The van der Waals surface area contributed by atoms with E-state index in [1.54, 1.807) is 29.2 Å². The highest BCUT2D eigenvalue weighted by Crippen LogP contribution is 2.27. The molecule has 0 aliphatic rings. The van der Waals surface area contributed by atoms with Crippen LogP contribution in [-0.4, -0.2) is 10.1 Å². The van der Waals surface area contributed by atoms with E-state index in [9.17, 15) is 0 Å². The van der Waals surface area contributed by atoms with Crippen molar-refractivity contribution in [1.29, 1.82) is 5.26 Å². The van der Waals surface area contributed by atoms with Crippen LogP contribution in [0.1, 0.15) is 5.56 Å². The van der Waals surface area contributed by atoms with Crippen LogP contribution in [0.25, 0.3) is 16.6 Å². The Morgan fingerprint density at radius 3 is 2.55 bits per heavy atom. The summed E-state index contributed by atoms with van der Waals surface area (Å²) in [6, 6.07) is 5.17. The molecule has 7 heteroatoms. The number of hydrogen-bond donors (Lipinski definition) is 1. The fraction of sp³-hybridized carbons (Fsp3) is 0. The largest absolute Gasteiger partial charge is 0.272 e. The van der Waals surface area contributed by atoms with Crippen LogP contribution in [0.4, 0.5) is 0 Å². The Morgan fingerprint density at radius 2 is 1.95 bits per heavy atom. The molecule has 0 saturated carbocycles. The van der Waals surface area contributed by atoms with E-state index in [-0.39, 0.29) is 0 Å². The van der Waals surface area contributed by atoms with Crippen molar-refractivity contribution in [3.8, 4) is 11.8 Å². The first kappa shape index (κ1) is 13.4. The van der Waals surface area contributed by atoms with Crippen molar-refractivity contribution >= 4 is 50.0 Å². The van der Waals surface area contributed by atoms with E-state index in [0.717, 1.165) is 15.4 Å². The van der Waals surface area contributed by atoms with Gasteiger partial charge in [0.1, 0.15) is 15.6 Å². The maximum Gasteiger partial charge on any atom is 0.272 e. The number of nitrogens with zero attached hydrogens (tertiary/aromatic N) is 3. The number of rotatable bonds is 1. The number of benzene rings is 1. The maximum atomic E-state index is 8.90. The molecule has 1 aromatic carbocycles. The second kappa shape index (κ2) is 5.06. The SMILES string of the molecule is N#Cc1cc(Cl)c(-[n+]2cc3cncc(Br)c3[nH]2)c(Cl)c1. The van der Waals surface area contributed by atoms with Gasteiger partial charge in [0.05, 0.1) is 21.5 Å². The van der Waals surface area contributed by atoms with Gasteiger partial charge in [-0.1, -0.05) is 27.9 Å². The summed E-state index contributed by atoms with van der Waals surface area (Å²) in [7, 11) is 0. The third kappa shape index (κ3) is 2.16. The molecule has 0 atom stereocenters. The lowest BCUT2D eigenvalue weighted by Gasteiger charge is -1.99. The molecule has 2 heterocycles. The van der Waals surface area contributed by atoms with E-state index in [4.69, 9.17) is 28.5 Å². The Hall–Kier alpha value is -1.61.